The molecule has 3 aromatic carbocycles. The maximum Gasteiger partial charge on any atom is 0.0484 e. The molecule has 5 rings (SSSR count). The highest BCUT2D eigenvalue weighted by atomic mass is 32.3. The van der Waals surface area contributed by atoms with E-state index in [1.165, 1.54) is 32.8 Å². The number of hydrogen-bond donors (Lipinski definition) is 0. The van der Waals surface area contributed by atoms with Crippen molar-refractivity contribution in [3.63, 3.8) is 0 Å². The van der Waals surface area contributed by atoms with Crippen molar-refractivity contribution in [2.45, 2.75) is 15.4 Å². The van der Waals surface area contributed by atoms with E-state index in [0.717, 1.165) is 0 Å². The summed E-state index contributed by atoms with van der Waals surface area (Å²) in [7, 11) is 3.03. The zero-order valence-corrected chi connectivity index (χ0v) is 18.1. The molecule has 2 heteroatoms. The lowest BCUT2D eigenvalue weighted by Crippen LogP contribution is -2.19. The molecular formula is C27H27NS. The zero-order chi connectivity index (χ0) is 20.0. The maximum absolute atomic E-state index is 2.55. The second-order valence-electron chi connectivity index (χ2n) is 8.23. The Bertz CT molecular complexity index is 1060. The van der Waals surface area contributed by atoms with E-state index in [1.807, 2.05) is 0 Å². The normalized spacial score (nSPS) is 22.0. The second-order valence-corrected chi connectivity index (χ2v) is 11.8. The Balaban J connectivity index is 1.76. The fourth-order valence-electron chi connectivity index (χ4n) is 4.92. The molecule has 0 amide bonds. The van der Waals surface area contributed by atoms with Gasteiger partial charge in [-0.25, -0.2) is 0 Å². The first-order valence-corrected chi connectivity index (χ1v) is 12.3. The summed E-state index contributed by atoms with van der Waals surface area (Å²) in [6.07, 6.45) is 12.1. The lowest BCUT2D eigenvalue weighted by atomic mass is 10.1. The average Bonchev–Trinajstić information content (AvgIpc) is 3.38. The molecule has 0 radical (unpaired) electrons. The Morgan fingerprint density at radius 3 is 1.69 bits per heavy atom. The van der Waals surface area contributed by atoms with Crippen LogP contribution in [0.5, 0.6) is 0 Å². The van der Waals surface area contributed by atoms with Crippen LogP contribution >= 0.6 is 10.0 Å². The lowest BCUT2D eigenvalue weighted by molar-refractivity contribution is 1.07. The molecule has 3 aromatic rings. The van der Waals surface area contributed by atoms with Gasteiger partial charge in [-0.2, -0.15) is 10.0 Å². The van der Waals surface area contributed by atoms with Crippen molar-refractivity contribution in [1.82, 2.24) is 0 Å². The van der Waals surface area contributed by atoms with E-state index in [-0.39, 0.29) is 0 Å². The number of hydrogen-bond acceptors (Lipinski definition) is 1. The van der Waals surface area contributed by atoms with E-state index >= 15 is 0 Å². The predicted octanol–water partition coefficient (Wildman–Crippen LogP) is 7.08. The van der Waals surface area contributed by atoms with Crippen LogP contribution in [0, 0.1) is 0 Å². The van der Waals surface area contributed by atoms with Crippen molar-refractivity contribution in [1.29, 1.82) is 0 Å². The number of fused-ring (bicyclic) bond motifs is 2. The lowest BCUT2D eigenvalue weighted by Gasteiger charge is -2.48. The summed E-state index contributed by atoms with van der Waals surface area (Å²) in [5.74, 6) is 0. The van der Waals surface area contributed by atoms with E-state index in [9.17, 15) is 0 Å². The number of anilines is 1. The Labute approximate surface area is 175 Å². The second kappa shape index (κ2) is 6.96. The van der Waals surface area contributed by atoms with Gasteiger partial charge in [-0.15, -0.1) is 0 Å². The van der Waals surface area contributed by atoms with Gasteiger partial charge in [0, 0.05) is 35.2 Å². The van der Waals surface area contributed by atoms with Gasteiger partial charge in [0.2, 0.25) is 0 Å². The molecule has 0 N–H and O–H groups in total. The van der Waals surface area contributed by atoms with Gasteiger partial charge in [0.1, 0.15) is 0 Å². The van der Waals surface area contributed by atoms with Crippen molar-refractivity contribution < 1.29 is 0 Å². The minimum absolute atomic E-state index is 0.403. The molecule has 0 heterocycles. The molecule has 1 nitrogen and oxygen atoms in total. The quantitative estimate of drug-likeness (QED) is 0.454. The van der Waals surface area contributed by atoms with Crippen molar-refractivity contribution in [3.05, 3.63) is 107 Å². The Hall–Kier alpha value is -2.71. The summed E-state index contributed by atoms with van der Waals surface area (Å²) in [6, 6.07) is 26.9. The van der Waals surface area contributed by atoms with Crippen LogP contribution in [0.1, 0.15) is 32.8 Å². The molecule has 29 heavy (non-hydrogen) atoms. The van der Waals surface area contributed by atoms with Crippen LogP contribution in [0.2, 0.25) is 0 Å². The first-order chi connectivity index (χ1) is 14.1. The van der Waals surface area contributed by atoms with Crippen molar-refractivity contribution in [2.75, 3.05) is 25.3 Å². The SMILES string of the molecule is CN(C)c1ccccc1S(C)(C1C=Cc2ccccc21)C1C=Cc2ccccc21. The smallest absolute Gasteiger partial charge is 0.0484 e. The van der Waals surface area contributed by atoms with Gasteiger partial charge >= 0.3 is 0 Å². The van der Waals surface area contributed by atoms with E-state index in [2.05, 4.69) is 122 Å². The number of benzene rings is 3. The first-order valence-electron chi connectivity index (χ1n) is 10.2. The van der Waals surface area contributed by atoms with Crippen LogP contribution in [0.4, 0.5) is 5.69 Å². The zero-order valence-electron chi connectivity index (χ0n) is 17.2. The molecule has 0 saturated carbocycles. The highest BCUT2D eigenvalue weighted by Gasteiger charge is 2.42. The molecule has 0 spiro atoms. The van der Waals surface area contributed by atoms with Crippen molar-refractivity contribution >= 4 is 27.9 Å². The molecule has 2 atom stereocenters. The molecule has 0 fully saturated rings. The van der Waals surface area contributed by atoms with Gasteiger partial charge in [0.05, 0.1) is 0 Å². The van der Waals surface area contributed by atoms with Gasteiger partial charge in [-0.05, 0) is 40.6 Å². The Kier molecular flexibility index (Phi) is 4.40. The third-order valence-corrected chi connectivity index (χ3v) is 10.6. The number of para-hydroxylation sites is 1. The van der Waals surface area contributed by atoms with E-state index in [0.29, 0.717) is 10.5 Å². The molecular weight excluding hydrogens is 370 g/mol. The predicted molar refractivity (Wildman–Crippen MR) is 129 cm³/mol. The number of nitrogens with zero attached hydrogens (tertiary/aromatic N) is 1. The van der Waals surface area contributed by atoms with Gasteiger partial charge in [-0.1, -0.05) is 85.0 Å². The molecule has 2 aliphatic carbocycles. The topological polar surface area (TPSA) is 3.24 Å². The Morgan fingerprint density at radius 2 is 1.14 bits per heavy atom. The monoisotopic (exact) mass is 397 g/mol. The summed E-state index contributed by atoms with van der Waals surface area (Å²) in [5, 5.41) is 0.807. The average molecular weight is 398 g/mol. The van der Waals surface area contributed by atoms with Gasteiger partial charge in [0.15, 0.2) is 0 Å². The summed E-state index contributed by atoms with van der Waals surface area (Å²) in [4.78, 5) is 3.76. The van der Waals surface area contributed by atoms with Gasteiger partial charge in [-0.3, -0.25) is 0 Å². The van der Waals surface area contributed by atoms with Crippen molar-refractivity contribution in [2.24, 2.45) is 0 Å². The van der Waals surface area contributed by atoms with Gasteiger partial charge in [0.25, 0.3) is 0 Å². The van der Waals surface area contributed by atoms with E-state index < -0.39 is 10.0 Å². The van der Waals surface area contributed by atoms with Crippen LogP contribution in [0.15, 0.2) is 89.8 Å². The highest BCUT2D eigenvalue weighted by molar-refractivity contribution is 8.33. The minimum atomic E-state index is -1.29. The van der Waals surface area contributed by atoms with Crippen LogP contribution in [-0.2, 0) is 0 Å². The van der Waals surface area contributed by atoms with Gasteiger partial charge < -0.3 is 4.90 Å². The molecule has 2 aliphatic rings. The van der Waals surface area contributed by atoms with Crippen LogP contribution in [0.3, 0.4) is 0 Å². The summed E-state index contributed by atoms with van der Waals surface area (Å²) in [6.45, 7) is 0. The third kappa shape index (κ3) is 2.78. The first kappa shape index (κ1) is 18.3. The molecule has 0 aromatic heterocycles. The molecule has 2 unspecified atom stereocenters. The number of rotatable bonds is 4. The van der Waals surface area contributed by atoms with E-state index in [4.69, 9.17) is 0 Å². The molecule has 0 bridgehead atoms. The highest BCUT2D eigenvalue weighted by Crippen LogP contribution is 2.76. The van der Waals surface area contributed by atoms with Crippen LogP contribution < -0.4 is 4.90 Å². The van der Waals surface area contributed by atoms with Crippen LogP contribution in [0.25, 0.3) is 12.2 Å². The summed E-state index contributed by atoms with van der Waals surface area (Å²) in [5.41, 5.74) is 7.01. The fraction of sp³-hybridized carbons (Fsp3) is 0.185. The maximum atomic E-state index is 2.55. The van der Waals surface area contributed by atoms with E-state index in [1.54, 1.807) is 0 Å². The fourth-order valence-corrected chi connectivity index (χ4v) is 9.15. The summed E-state index contributed by atoms with van der Waals surface area (Å²) >= 11 is 0. The Morgan fingerprint density at radius 1 is 0.655 bits per heavy atom. The largest absolute Gasteiger partial charge is 0.377 e. The summed E-state index contributed by atoms with van der Waals surface area (Å²) < 4.78 is 0. The minimum Gasteiger partial charge on any atom is -0.377 e. The molecule has 0 aliphatic heterocycles. The van der Waals surface area contributed by atoms with Crippen molar-refractivity contribution in [3.8, 4) is 0 Å². The third-order valence-electron chi connectivity index (χ3n) is 6.38. The van der Waals surface area contributed by atoms with Crippen LogP contribution in [-0.4, -0.2) is 20.4 Å². The standard InChI is InChI=1S/C27H27NS/c1-28(2)24-14-8-9-15-27(24)29(3,25-18-16-20-10-4-6-12-22(20)25)26-19-17-21-11-5-7-13-23(21)26/h4-19,25-26H,1-3H3. The molecule has 0 saturated heterocycles. The molecule has 146 valence electrons.